The summed E-state index contributed by atoms with van der Waals surface area (Å²) in [6.07, 6.45) is 3.25. The van der Waals surface area contributed by atoms with E-state index in [1.54, 1.807) is 0 Å². The van der Waals surface area contributed by atoms with Gasteiger partial charge in [-0.1, -0.05) is 0 Å². The Bertz CT molecular complexity index is 503. The number of nitrogens with one attached hydrogen (secondary N) is 1. The SMILES string of the molecule is CC1OCCC1NS(=O)(=O)c1cnccc1N. The normalized spacial score (nSPS) is 25.0. The number of rotatable bonds is 3. The molecule has 6 nitrogen and oxygen atoms in total. The molecular formula is C10H15N3O3S. The van der Waals surface area contributed by atoms with Crippen molar-refractivity contribution >= 4 is 15.7 Å². The molecule has 2 rings (SSSR count). The monoisotopic (exact) mass is 257 g/mol. The molecule has 0 aromatic carbocycles. The molecule has 2 unspecified atom stereocenters. The maximum Gasteiger partial charge on any atom is 0.244 e. The molecule has 1 aliphatic heterocycles. The molecule has 3 N–H and O–H groups in total. The summed E-state index contributed by atoms with van der Waals surface area (Å²) >= 11 is 0. The van der Waals surface area contributed by atoms with Gasteiger partial charge in [-0.3, -0.25) is 4.98 Å². The predicted octanol–water partition coefficient (Wildman–Crippen LogP) is 0.119. The maximum absolute atomic E-state index is 12.1. The number of anilines is 1. The molecule has 1 saturated heterocycles. The molecule has 0 saturated carbocycles. The second-order valence-electron chi connectivity index (χ2n) is 4.01. The molecule has 1 aliphatic rings. The van der Waals surface area contributed by atoms with Gasteiger partial charge in [-0.25, -0.2) is 13.1 Å². The van der Waals surface area contributed by atoms with Gasteiger partial charge in [-0.2, -0.15) is 0 Å². The Kier molecular flexibility index (Phi) is 3.32. The van der Waals surface area contributed by atoms with Gasteiger partial charge >= 0.3 is 0 Å². The number of sulfonamides is 1. The van der Waals surface area contributed by atoms with Crippen LogP contribution in [-0.2, 0) is 14.8 Å². The van der Waals surface area contributed by atoms with Crippen LogP contribution in [0.2, 0.25) is 0 Å². The summed E-state index contributed by atoms with van der Waals surface area (Å²) in [7, 11) is -3.62. The summed E-state index contributed by atoms with van der Waals surface area (Å²) < 4.78 is 32.0. The van der Waals surface area contributed by atoms with Crippen LogP contribution in [0.1, 0.15) is 13.3 Å². The summed E-state index contributed by atoms with van der Waals surface area (Å²) in [6, 6.07) is 1.25. The lowest BCUT2D eigenvalue weighted by molar-refractivity contribution is 0.117. The highest BCUT2D eigenvalue weighted by Gasteiger charge is 2.30. The number of nitrogens with two attached hydrogens (primary N) is 1. The van der Waals surface area contributed by atoms with Gasteiger partial charge in [0.2, 0.25) is 10.0 Å². The van der Waals surface area contributed by atoms with Crippen molar-refractivity contribution in [1.29, 1.82) is 0 Å². The number of hydrogen-bond donors (Lipinski definition) is 2. The number of nitrogen functional groups attached to an aromatic ring is 1. The van der Waals surface area contributed by atoms with Gasteiger partial charge in [0, 0.05) is 19.0 Å². The van der Waals surface area contributed by atoms with Crippen molar-refractivity contribution in [3.8, 4) is 0 Å². The van der Waals surface area contributed by atoms with E-state index in [9.17, 15) is 8.42 Å². The van der Waals surface area contributed by atoms with Crippen LogP contribution in [0.25, 0.3) is 0 Å². The first-order valence-corrected chi connectivity index (χ1v) is 6.82. The Morgan fingerprint density at radius 3 is 2.94 bits per heavy atom. The smallest absolute Gasteiger partial charge is 0.244 e. The quantitative estimate of drug-likeness (QED) is 0.802. The summed E-state index contributed by atoms with van der Waals surface area (Å²) in [5.74, 6) is 0. The molecule has 0 bridgehead atoms. The predicted molar refractivity (Wildman–Crippen MR) is 62.8 cm³/mol. The average molecular weight is 257 g/mol. The molecule has 0 amide bonds. The van der Waals surface area contributed by atoms with Crippen LogP contribution in [-0.4, -0.2) is 32.2 Å². The Morgan fingerprint density at radius 1 is 1.59 bits per heavy atom. The molecule has 94 valence electrons. The number of nitrogens with zero attached hydrogens (tertiary/aromatic N) is 1. The Morgan fingerprint density at radius 2 is 2.35 bits per heavy atom. The lowest BCUT2D eigenvalue weighted by Gasteiger charge is -2.16. The Labute approximate surface area is 100 Å². The van der Waals surface area contributed by atoms with E-state index in [1.807, 2.05) is 6.92 Å². The standard InChI is InChI=1S/C10H15N3O3S/c1-7-9(3-5-16-7)13-17(14,15)10-6-12-4-2-8(10)11/h2,4,6-7,9,13H,3,5H2,1H3,(H2,11,12). The van der Waals surface area contributed by atoms with E-state index >= 15 is 0 Å². The second kappa shape index (κ2) is 4.59. The molecule has 2 atom stereocenters. The molecule has 0 radical (unpaired) electrons. The highest BCUT2D eigenvalue weighted by molar-refractivity contribution is 7.89. The minimum atomic E-state index is -3.62. The zero-order valence-electron chi connectivity index (χ0n) is 9.46. The first-order valence-electron chi connectivity index (χ1n) is 5.34. The van der Waals surface area contributed by atoms with Gasteiger partial charge in [-0.15, -0.1) is 0 Å². The van der Waals surface area contributed by atoms with E-state index in [0.29, 0.717) is 13.0 Å². The van der Waals surface area contributed by atoms with Crippen LogP contribution in [0.4, 0.5) is 5.69 Å². The molecular weight excluding hydrogens is 242 g/mol. The fourth-order valence-electron chi connectivity index (χ4n) is 1.76. The van der Waals surface area contributed by atoms with Crippen molar-refractivity contribution in [3.05, 3.63) is 18.5 Å². The summed E-state index contributed by atoms with van der Waals surface area (Å²) in [5.41, 5.74) is 5.82. The van der Waals surface area contributed by atoms with E-state index in [4.69, 9.17) is 10.5 Å². The van der Waals surface area contributed by atoms with Gasteiger partial charge in [-0.05, 0) is 19.4 Å². The van der Waals surface area contributed by atoms with Crippen LogP contribution in [0.3, 0.4) is 0 Å². The zero-order valence-corrected chi connectivity index (χ0v) is 10.3. The fourth-order valence-corrected chi connectivity index (χ4v) is 3.18. The molecule has 7 heteroatoms. The molecule has 0 aliphatic carbocycles. The van der Waals surface area contributed by atoms with E-state index in [-0.39, 0.29) is 22.7 Å². The van der Waals surface area contributed by atoms with Crippen molar-refractivity contribution in [3.63, 3.8) is 0 Å². The van der Waals surface area contributed by atoms with Gasteiger partial charge in [0.05, 0.1) is 17.8 Å². The third kappa shape index (κ3) is 2.56. The molecule has 1 fully saturated rings. The van der Waals surface area contributed by atoms with Crippen molar-refractivity contribution in [2.45, 2.75) is 30.4 Å². The average Bonchev–Trinajstić information content (AvgIpc) is 2.64. The van der Waals surface area contributed by atoms with Gasteiger partial charge in [0.25, 0.3) is 0 Å². The highest BCUT2D eigenvalue weighted by Crippen LogP contribution is 2.19. The molecule has 17 heavy (non-hydrogen) atoms. The minimum absolute atomic E-state index is 0.0131. The van der Waals surface area contributed by atoms with Gasteiger partial charge in [0.1, 0.15) is 4.90 Å². The third-order valence-corrected chi connectivity index (χ3v) is 4.32. The fraction of sp³-hybridized carbons (Fsp3) is 0.500. The van der Waals surface area contributed by atoms with Crippen molar-refractivity contribution in [2.24, 2.45) is 0 Å². The van der Waals surface area contributed by atoms with Crippen LogP contribution in [0.15, 0.2) is 23.4 Å². The number of pyridine rings is 1. The minimum Gasteiger partial charge on any atom is -0.398 e. The van der Waals surface area contributed by atoms with Crippen LogP contribution in [0.5, 0.6) is 0 Å². The molecule has 1 aromatic heterocycles. The van der Waals surface area contributed by atoms with Crippen molar-refractivity contribution in [2.75, 3.05) is 12.3 Å². The van der Waals surface area contributed by atoms with E-state index < -0.39 is 10.0 Å². The van der Waals surface area contributed by atoms with Crippen LogP contribution >= 0.6 is 0 Å². The Hall–Kier alpha value is -1.18. The largest absolute Gasteiger partial charge is 0.398 e. The van der Waals surface area contributed by atoms with E-state index in [1.165, 1.54) is 18.5 Å². The molecule has 2 heterocycles. The number of ether oxygens (including phenoxy) is 1. The van der Waals surface area contributed by atoms with E-state index in [2.05, 4.69) is 9.71 Å². The summed E-state index contributed by atoms with van der Waals surface area (Å²) in [4.78, 5) is 3.79. The zero-order chi connectivity index (χ0) is 12.5. The molecule has 1 aromatic rings. The number of hydrogen-bond acceptors (Lipinski definition) is 5. The van der Waals surface area contributed by atoms with Crippen LogP contribution in [0, 0.1) is 0 Å². The second-order valence-corrected chi connectivity index (χ2v) is 5.69. The summed E-state index contributed by atoms with van der Waals surface area (Å²) in [6.45, 7) is 2.41. The first kappa shape index (κ1) is 12.3. The van der Waals surface area contributed by atoms with Crippen molar-refractivity contribution < 1.29 is 13.2 Å². The number of aromatic nitrogens is 1. The Balaban J connectivity index is 2.22. The topological polar surface area (TPSA) is 94.3 Å². The van der Waals surface area contributed by atoms with Crippen LogP contribution < -0.4 is 10.5 Å². The highest BCUT2D eigenvalue weighted by atomic mass is 32.2. The lowest BCUT2D eigenvalue weighted by Crippen LogP contribution is -2.39. The van der Waals surface area contributed by atoms with E-state index in [0.717, 1.165) is 0 Å². The van der Waals surface area contributed by atoms with Gasteiger partial charge in [0.15, 0.2) is 0 Å². The van der Waals surface area contributed by atoms with Gasteiger partial charge < -0.3 is 10.5 Å². The summed E-state index contributed by atoms with van der Waals surface area (Å²) in [5, 5.41) is 0. The lowest BCUT2D eigenvalue weighted by atomic mass is 10.2. The third-order valence-electron chi connectivity index (χ3n) is 2.79. The molecule has 0 spiro atoms. The maximum atomic E-state index is 12.1. The van der Waals surface area contributed by atoms with Crippen molar-refractivity contribution in [1.82, 2.24) is 9.71 Å². The first-order chi connectivity index (χ1) is 8.00.